The monoisotopic (exact) mass is 596 g/mol. The Labute approximate surface area is 256 Å². The molecule has 11 heteroatoms. The molecule has 44 heavy (non-hydrogen) atoms. The third kappa shape index (κ3) is 5.08. The van der Waals surface area contributed by atoms with Crippen molar-refractivity contribution in [3.8, 4) is 5.82 Å². The highest BCUT2D eigenvalue weighted by atomic mass is 16.5. The summed E-state index contributed by atoms with van der Waals surface area (Å²) in [5.74, 6) is 0.832. The second-order valence-electron chi connectivity index (χ2n) is 12.6. The van der Waals surface area contributed by atoms with Crippen LogP contribution in [0.25, 0.3) is 16.9 Å². The summed E-state index contributed by atoms with van der Waals surface area (Å²) in [6.07, 6.45) is 7.85. The molecule has 1 unspecified atom stereocenters. The summed E-state index contributed by atoms with van der Waals surface area (Å²) < 4.78 is 9.65. The first-order valence-electron chi connectivity index (χ1n) is 15.6. The van der Waals surface area contributed by atoms with Crippen molar-refractivity contribution >= 4 is 28.4 Å². The molecule has 3 aliphatic rings. The Hall–Kier alpha value is -4.06. The average Bonchev–Trinajstić information content (AvgIpc) is 3.62. The number of pyridine rings is 1. The normalized spacial score (nSPS) is 20.2. The molecule has 4 aromatic rings. The summed E-state index contributed by atoms with van der Waals surface area (Å²) in [5, 5.41) is 14.2. The van der Waals surface area contributed by atoms with E-state index in [1.807, 2.05) is 12.1 Å². The SMILES string of the molecule is C=CCn1c(=O)c2cnc(Nc3ccc(N4CCC5(CC4)OCCN4CCCC45)cc3)nc2n1-c1cccc(C(C)(C)O)n1. The second-order valence-corrected chi connectivity index (χ2v) is 12.6. The van der Waals surface area contributed by atoms with E-state index in [1.54, 1.807) is 49.0 Å². The van der Waals surface area contributed by atoms with Gasteiger partial charge in [-0.3, -0.25) is 9.69 Å². The number of nitrogens with zero attached hydrogens (tertiary/aromatic N) is 7. The van der Waals surface area contributed by atoms with Crippen LogP contribution in [0.5, 0.6) is 0 Å². The Balaban J connectivity index is 1.12. The summed E-state index contributed by atoms with van der Waals surface area (Å²) in [5.41, 5.74) is 1.56. The number of piperidine rings is 1. The molecule has 0 amide bonds. The molecule has 6 heterocycles. The summed E-state index contributed by atoms with van der Waals surface area (Å²) in [7, 11) is 0. The number of aliphatic hydroxyl groups is 1. The number of nitrogens with one attached hydrogen (secondary N) is 1. The summed E-state index contributed by atoms with van der Waals surface area (Å²) >= 11 is 0. The van der Waals surface area contributed by atoms with E-state index in [0.717, 1.165) is 44.8 Å². The van der Waals surface area contributed by atoms with Gasteiger partial charge in [-0.15, -0.1) is 6.58 Å². The molecule has 3 saturated heterocycles. The van der Waals surface area contributed by atoms with E-state index in [0.29, 0.717) is 34.5 Å². The number of hydrogen-bond donors (Lipinski definition) is 2. The van der Waals surface area contributed by atoms with Crippen LogP contribution in [0.15, 0.2) is 66.1 Å². The van der Waals surface area contributed by atoms with Gasteiger partial charge in [0.1, 0.15) is 11.0 Å². The Kier molecular flexibility index (Phi) is 7.26. The maximum absolute atomic E-state index is 13.3. The fourth-order valence-corrected chi connectivity index (χ4v) is 7.15. The highest BCUT2D eigenvalue weighted by molar-refractivity contribution is 5.77. The van der Waals surface area contributed by atoms with Gasteiger partial charge in [-0.05, 0) is 82.5 Å². The lowest BCUT2D eigenvalue weighted by molar-refractivity contribution is -0.147. The van der Waals surface area contributed by atoms with E-state index >= 15 is 0 Å². The number of allylic oxidation sites excluding steroid dienone is 1. The maximum Gasteiger partial charge on any atom is 0.278 e. The Bertz CT molecular complexity index is 1730. The van der Waals surface area contributed by atoms with Gasteiger partial charge >= 0.3 is 0 Å². The van der Waals surface area contributed by atoms with Crippen LogP contribution in [0.1, 0.15) is 45.2 Å². The van der Waals surface area contributed by atoms with E-state index in [2.05, 4.69) is 43.8 Å². The third-order valence-corrected chi connectivity index (χ3v) is 9.39. The van der Waals surface area contributed by atoms with Gasteiger partial charge in [-0.2, -0.15) is 4.98 Å². The number of benzene rings is 1. The van der Waals surface area contributed by atoms with Crippen molar-refractivity contribution < 1.29 is 9.84 Å². The minimum Gasteiger partial charge on any atom is -0.384 e. The lowest BCUT2D eigenvalue weighted by atomic mass is 9.81. The van der Waals surface area contributed by atoms with Gasteiger partial charge in [0.05, 0.1) is 24.4 Å². The second kappa shape index (κ2) is 11.1. The van der Waals surface area contributed by atoms with Crippen LogP contribution in [0.4, 0.5) is 17.3 Å². The van der Waals surface area contributed by atoms with Crippen LogP contribution in [0.2, 0.25) is 0 Å². The molecule has 3 aliphatic heterocycles. The zero-order valence-electron chi connectivity index (χ0n) is 25.4. The topological polar surface area (TPSA) is 114 Å². The van der Waals surface area contributed by atoms with Gasteiger partial charge in [0.2, 0.25) is 5.95 Å². The van der Waals surface area contributed by atoms with Gasteiger partial charge in [-0.25, -0.2) is 19.3 Å². The number of hydrogen-bond acceptors (Lipinski definition) is 9. The Morgan fingerprint density at radius 2 is 1.91 bits per heavy atom. The van der Waals surface area contributed by atoms with Gasteiger partial charge in [0.15, 0.2) is 11.5 Å². The van der Waals surface area contributed by atoms with E-state index < -0.39 is 5.60 Å². The molecule has 3 fully saturated rings. The Morgan fingerprint density at radius 3 is 2.66 bits per heavy atom. The lowest BCUT2D eigenvalue weighted by Gasteiger charge is -2.51. The zero-order chi connectivity index (χ0) is 30.5. The van der Waals surface area contributed by atoms with Crippen LogP contribution < -0.4 is 15.8 Å². The first-order valence-corrected chi connectivity index (χ1v) is 15.6. The molecule has 1 atom stereocenters. The van der Waals surface area contributed by atoms with Crippen molar-refractivity contribution in [2.75, 3.05) is 43.0 Å². The summed E-state index contributed by atoms with van der Waals surface area (Å²) in [4.78, 5) is 32.3. The smallest absolute Gasteiger partial charge is 0.278 e. The van der Waals surface area contributed by atoms with E-state index in [1.165, 1.54) is 29.8 Å². The van der Waals surface area contributed by atoms with Crippen molar-refractivity contribution in [2.45, 2.75) is 63.3 Å². The van der Waals surface area contributed by atoms with Crippen molar-refractivity contribution in [2.24, 2.45) is 0 Å². The molecular weight excluding hydrogens is 556 g/mol. The average molecular weight is 597 g/mol. The molecule has 0 bridgehead atoms. The van der Waals surface area contributed by atoms with E-state index in [4.69, 9.17) is 9.72 Å². The largest absolute Gasteiger partial charge is 0.384 e. The van der Waals surface area contributed by atoms with Gasteiger partial charge < -0.3 is 20.1 Å². The molecule has 3 aromatic heterocycles. The molecule has 0 saturated carbocycles. The fourth-order valence-electron chi connectivity index (χ4n) is 7.15. The predicted octanol–water partition coefficient (Wildman–Crippen LogP) is 3.97. The number of anilines is 3. The number of ether oxygens (including phenoxy) is 1. The maximum atomic E-state index is 13.3. The van der Waals surface area contributed by atoms with E-state index in [9.17, 15) is 9.90 Å². The highest BCUT2D eigenvalue weighted by Crippen LogP contribution is 2.41. The van der Waals surface area contributed by atoms with Crippen molar-refractivity contribution in [3.63, 3.8) is 0 Å². The number of rotatable bonds is 7. The van der Waals surface area contributed by atoms with E-state index in [-0.39, 0.29) is 17.7 Å². The Morgan fingerprint density at radius 1 is 1.11 bits per heavy atom. The van der Waals surface area contributed by atoms with Gasteiger partial charge in [0.25, 0.3) is 5.56 Å². The van der Waals surface area contributed by atoms with Crippen molar-refractivity contribution in [3.05, 3.63) is 77.4 Å². The quantitative estimate of drug-likeness (QED) is 0.306. The molecule has 2 N–H and O–H groups in total. The van der Waals surface area contributed by atoms with Gasteiger partial charge in [-0.1, -0.05) is 12.1 Å². The molecule has 1 aromatic carbocycles. The third-order valence-electron chi connectivity index (χ3n) is 9.39. The highest BCUT2D eigenvalue weighted by Gasteiger charge is 2.49. The van der Waals surface area contributed by atoms with Crippen LogP contribution >= 0.6 is 0 Å². The summed E-state index contributed by atoms with van der Waals surface area (Å²) in [6.45, 7) is 12.5. The van der Waals surface area contributed by atoms with Gasteiger partial charge in [0, 0.05) is 43.2 Å². The van der Waals surface area contributed by atoms with Crippen molar-refractivity contribution in [1.82, 2.24) is 29.2 Å². The standard InChI is InChI=1S/C33H40N8O3/c1-4-16-40-30(42)25-22-34-31(37-29(25)41(40)28-9-5-7-26(36-28)32(2,3)43)35-23-10-12-24(13-11-23)38-18-14-33(15-19-38)27-8-6-17-39(27)20-21-44-33/h4-5,7,9-13,22,27,43H,1,6,8,14-21H2,2-3H3,(H,34,35,37). The number of aromatic nitrogens is 5. The summed E-state index contributed by atoms with van der Waals surface area (Å²) in [6, 6.07) is 14.3. The molecule has 7 rings (SSSR count). The molecule has 11 nitrogen and oxygen atoms in total. The van der Waals surface area contributed by atoms with Crippen LogP contribution in [0, 0.1) is 0 Å². The minimum atomic E-state index is -1.15. The first-order chi connectivity index (χ1) is 21.3. The molecule has 1 spiro atoms. The predicted molar refractivity (Wildman–Crippen MR) is 171 cm³/mol. The molecule has 0 radical (unpaired) electrons. The zero-order valence-corrected chi connectivity index (χ0v) is 25.4. The number of morpholine rings is 1. The number of fused-ring (bicyclic) bond motifs is 3. The van der Waals surface area contributed by atoms with Crippen LogP contribution in [0.3, 0.4) is 0 Å². The van der Waals surface area contributed by atoms with Crippen LogP contribution in [-0.2, 0) is 16.9 Å². The van der Waals surface area contributed by atoms with Crippen LogP contribution in [-0.4, -0.2) is 78.8 Å². The first kappa shape index (κ1) is 28.7. The molecule has 230 valence electrons. The van der Waals surface area contributed by atoms with Crippen molar-refractivity contribution in [1.29, 1.82) is 0 Å². The fraction of sp³-hybridized carbons (Fsp3) is 0.455. The lowest BCUT2D eigenvalue weighted by Crippen LogP contribution is -2.61. The molecular formula is C33H40N8O3. The minimum absolute atomic E-state index is 0.0132. The molecule has 0 aliphatic carbocycles.